The number of halogens is 1. The molecule has 1 aliphatic carbocycles. The van der Waals surface area contributed by atoms with E-state index in [-0.39, 0.29) is 0 Å². The molecule has 0 bridgehead atoms. The maximum atomic E-state index is 12.3. The number of fused-ring (bicyclic) bond motifs is 1. The minimum Gasteiger partial charge on any atom is -0.465 e. The largest absolute Gasteiger partial charge is 0.465 e. The normalized spacial score (nSPS) is 15.1. The van der Waals surface area contributed by atoms with Crippen molar-refractivity contribution in [3.05, 3.63) is 65.4 Å². The SMILES string of the molecule is CC(C)(C)N(C(=O)O)C1(c2ccc(-n3c(-c4cccnc4N)nc4ccc(Cl)nc43)cc2)CCC1. The van der Waals surface area contributed by atoms with Crippen molar-refractivity contribution in [2.24, 2.45) is 0 Å². The van der Waals surface area contributed by atoms with Gasteiger partial charge in [0.15, 0.2) is 11.5 Å². The minimum absolute atomic E-state index is 0.358. The van der Waals surface area contributed by atoms with Crippen LogP contribution in [0.1, 0.15) is 45.6 Å². The van der Waals surface area contributed by atoms with E-state index >= 15 is 0 Å². The number of nitrogens with two attached hydrogens (primary N) is 1. The van der Waals surface area contributed by atoms with Gasteiger partial charge in [0.2, 0.25) is 0 Å². The maximum absolute atomic E-state index is 12.3. The molecule has 3 aromatic heterocycles. The number of benzene rings is 1. The molecule has 0 aliphatic heterocycles. The Morgan fingerprint density at radius 2 is 1.83 bits per heavy atom. The molecular weight excluding hydrogens is 464 g/mol. The number of nitrogens with zero attached hydrogens (tertiary/aromatic N) is 5. The molecule has 1 fully saturated rings. The van der Waals surface area contributed by atoms with Crippen LogP contribution in [0.15, 0.2) is 54.7 Å². The fourth-order valence-electron chi connectivity index (χ4n) is 5.15. The highest BCUT2D eigenvalue weighted by Gasteiger charge is 2.50. The van der Waals surface area contributed by atoms with E-state index in [1.165, 1.54) is 0 Å². The van der Waals surface area contributed by atoms with Gasteiger partial charge in [-0.3, -0.25) is 9.47 Å². The van der Waals surface area contributed by atoms with Crippen LogP contribution in [0.2, 0.25) is 5.15 Å². The van der Waals surface area contributed by atoms with E-state index in [0.717, 1.165) is 30.5 Å². The Labute approximate surface area is 208 Å². The zero-order valence-electron chi connectivity index (χ0n) is 19.9. The fourth-order valence-corrected chi connectivity index (χ4v) is 5.29. The van der Waals surface area contributed by atoms with Crippen LogP contribution < -0.4 is 5.73 Å². The number of carboxylic acid groups (broad SMARTS) is 1. The van der Waals surface area contributed by atoms with Gasteiger partial charge >= 0.3 is 6.09 Å². The average Bonchev–Trinajstić information content (AvgIpc) is 3.13. The Hall–Kier alpha value is -3.65. The van der Waals surface area contributed by atoms with Gasteiger partial charge in [-0.15, -0.1) is 0 Å². The summed E-state index contributed by atoms with van der Waals surface area (Å²) >= 11 is 6.23. The topological polar surface area (TPSA) is 110 Å². The van der Waals surface area contributed by atoms with E-state index < -0.39 is 17.2 Å². The third-order valence-electron chi connectivity index (χ3n) is 6.68. The van der Waals surface area contributed by atoms with Gasteiger partial charge < -0.3 is 10.8 Å². The zero-order valence-corrected chi connectivity index (χ0v) is 20.6. The summed E-state index contributed by atoms with van der Waals surface area (Å²) in [6.45, 7) is 5.81. The first kappa shape index (κ1) is 23.1. The van der Waals surface area contributed by atoms with Crippen molar-refractivity contribution in [1.82, 2.24) is 24.4 Å². The van der Waals surface area contributed by atoms with Crippen molar-refractivity contribution in [3.8, 4) is 17.1 Å². The fraction of sp³-hybridized carbons (Fsp3) is 0.308. The molecular formula is C26H27ClN6O2. The van der Waals surface area contributed by atoms with Crippen LogP contribution in [0.3, 0.4) is 0 Å². The Morgan fingerprint density at radius 3 is 2.40 bits per heavy atom. The number of rotatable bonds is 4. The summed E-state index contributed by atoms with van der Waals surface area (Å²) in [4.78, 5) is 27.4. The number of anilines is 1. The van der Waals surface area contributed by atoms with Crippen LogP contribution in [0.5, 0.6) is 0 Å². The molecule has 180 valence electrons. The van der Waals surface area contributed by atoms with E-state index in [9.17, 15) is 9.90 Å². The lowest BCUT2D eigenvalue weighted by Crippen LogP contribution is -2.60. The number of carbonyl (C=O) groups is 1. The molecule has 0 radical (unpaired) electrons. The van der Waals surface area contributed by atoms with Crippen LogP contribution in [-0.2, 0) is 5.54 Å². The number of nitrogen functional groups attached to an aromatic ring is 1. The number of pyridine rings is 2. The molecule has 1 aliphatic rings. The molecule has 0 unspecified atom stereocenters. The third kappa shape index (κ3) is 3.78. The number of hydrogen-bond donors (Lipinski definition) is 2. The molecule has 8 nitrogen and oxygen atoms in total. The molecule has 4 aromatic rings. The standard InChI is InChI=1S/C26H27ClN6O2/c1-25(2,3)33(24(34)35)26(13-5-14-26)16-7-9-17(10-8-16)32-22(18-6-4-15-29-21(18)28)30-19-11-12-20(27)31-23(19)32/h4,6-12,15H,5,13-14H2,1-3H3,(H2,28,29)(H,34,35). The molecule has 0 saturated heterocycles. The van der Waals surface area contributed by atoms with Gasteiger partial charge in [0.05, 0.1) is 11.1 Å². The predicted molar refractivity (Wildman–Crippen MR) is 137 cm³/mol. The van der Waals surface area contributed by atoms with Gasteiger partial charge in [-0.05, 0) is 82.0 Å². The first-order valence-electron chi connectivity index (χ1n) is 11.5. The lowest BCUT2D eigenvalue weighted by Gasteiger charge is -2.54. The second kappa shape index (κ2) is 8.23. The van der Waals surface area contributed by atoms with E-state index in [1.54, 1.807) is 17.2 Å². The number of hydrogen-bond acceptors (Lipinski definition) is 5. The lowest BCUT2D eigenvalue weighted by atomic mass is 9.69. The molecule has 3 heterocycles. The summed E-state index contributed by atoms with van der Waals surface area (Å²) in [6.07, 6.45) is 3.30. The summed E-state index contributed by atoms with van der Waals surface area (Å²) in [5.74, 6) is 0.968. The Kier molecular flexibility index (Phi) is 5.44. The van der Waals surface area contributed by atoms with Gasteiger partial charge in [0.1, 0.15) is 16.5 Å². The Bertz CT molecular complexity index is 1420. The summed E-state index contributed by atoms with van der Waals surface area (Å²) < 4.78 is 1.91. The number of imidazole rings is 1. The summed E-state index contributed by atoms with van der Waals surface area (Å²) in [7, 11) is 0. The molecule has 35 heavy (non-hydrogen) atoms. The van der Waals surface area contributed by atoms with Gasteiger partial charge in [0.25, 0.3) is 0 Å². The van der Waals surface area contributed by atoms with Crippen LogP contribution in [0.4, 0.5) is 10.6 Å². The highest BCUT2D eigenvalue weighted by Crippen LogP contribution is 2.49. The first-order valence-corrected chi connectivity index (χ1v) is 11.9. The van der Waals surface area contributed by atoms with Crippen LogP contribution in [0, 0.1) is 0 Å². The highest BCUT2D eigenvalue weighted by molar-refractivity contribution is 6.29. The van der Waals surface area contributed by atoms with Crippen molar-refractivity contribution in [3.63, 3.8) is 0 Å². The summed E-state index contributed by atoms with van der Waals surface area (Å²) in [5, 5.41) is 10.4. The van der Waals surface area contributed by atoms with E-state index in [4.69, 9.17) is 22.3 Å². The summed E-state index contributed by atoms with van der Waals surface area (Å²) in [6, 6.07) is 15.2. The molecule has 3 N–H and O–H groups in total. The van der Waals surface area contributed by atoms with Gasteiger partial charge in [-0.25, -0.2) is 19.7 Å². The number of amides is 1. The Balaban J connectivity index is 1.66. The van der Waals surface area contributed by atoms with Crippen molar-refractivity contribution >= 4 is 34.7 Å². The quantitative estimate of drug-likeness (QED) is 0.346. The maximum Gasteiger partial charge on any atom is 0.408 e. The molecule has 0 atom stereocenters. The van der Waals surface area contributed by atoms with E-state index in [2.05, 4.69) is 9.97 Å². The highest BCUT2D eigenvalue weighted by atomic mass is 35.5. The Morgan fingerprint density at radius 1 is 1.11 bits per heavy atom. The predicted octanol–water partition coefficient (Wildman–Crippen LogP) is 5.88. The van der Waals surface area contributed by atoms with Crippen LogP contribution in [-0.4, -0.2) is 41.2 Å². The molecule has 1 amide bonds. The van der Waals surface area contributed by atoms with Crippen LogP contribution in [0.25, 0.3) is 28.2 Å². The lowest BCUT2D eigenvalue weighted by molar-refractivity contribution is -0.0328. The van der Waals surface area contributed by atoms with Crippen molar-refractivity contribution < 1.29 is 9.90 Å². The summed E-state index contributed by atoms with van der Waals surface area (Å²) in [5.41, 5.74) is 8.87. The van der Waals surface area contributed by atoms with Crippen molar-refractivity contribution in [1.29, 1.82) is 0 Å². The second-order valence-corrected chi connectivity index (χ2v) is 10.3. The number of aromatic nitrogens is 4. The second-order valence-electron chi connectivity index (χ2n) is 9.90. The molecule has 1 aromatic carbocycles. The smallest absolute Gasteiger partial charge is 0.408 e. The molecule has 5 rings (SSSR count). The monoisotopic (exact) mass is 490 g/mol. The average molecular weight is 491 g/mol. The van der Waals surface area contributed by atoms with Crippen molar-refractivity contribution in [2.75, 3.05) is 5.73 Å². The van der Waals surface area contributed by atoms with Gasteiger partial charge in [0, 0.05) is 17.4 Å². The van der Waals surface area contributed by atoms with Crippen molar-refractivity contribution in [2.45, 2.75) is 51.1 Å². The van der Waals surface area contributed by atoms with E-state index in [0.29, 0.717) is 33.5 Å². The molecule has 1 saturated carbocycles. The first-order chi connectivity index (χ1) is 16.6. The molecule has 0 spiro atoms. The third-order valence-corrected chi connectivity index (χ3v) is 6.89. The van der Waals surface area contributed by atoms with E-state index in [1.807, 2.05) is 67.8 Å². The van der Waals surface area contributed by atoms with Crippen LogP contribution >= 0.6 is 11.6 Å². The van der Waals surface area contributed by atoms with Gasteiger partial charge in [-0.2, -0.15) is 0 Å². The molecule has 9 heteroatoms. The zero-order chi connectivity index (χ0) is 25.0. The van der Waals surface area contributed by atoms with Gasteiger partial charge in [-0.1, -0.05) is 23.7 Å². The minimum atomic E-state index is -0.907.